The fraction of sp³-hybridized carbons (Fsp3) is 0.318. The standard InChI is InChI=1S/C22H22FN3O3/c1-13-9-17(23)3-5-19(13)24-22(29)16-11-21(28)26(12-16)18-4-6-20-15(10-18)7-8-25(20)14(2)27/h3-6,9-10,16H,7-8,11-12H2,1-2H3,(H,24,29). The van der Waals surface area contributed by atoms with E-state index in [9.17, 15) is 18.8 Å². The summed E-state index contributed by atoms with van der Waals surface area (Å²) in [5.41, 5.74) is 3.83. The van der Waals surface area contributed by atoms with E-state index in [2.05, 4.69) is 5.32 Å². The third-order valence-corrected chi connectivity index (χ3v) is 5.59. The summed E-state index contributed by atoms with van der Waals surface area (Å²) in [5.74, 6) is -1.19. The maximum atomic E-state index is 13.3. The molecule has 1 atom stereocenters. The summed E-state index contributed by atoms with van der Waals surface area (Å²) in [4.78, 5) is 40.3. The van der Waals surface area contributed by atoms with Crippen LogP contribution >= 0.6 is 0 Å². The average molecular weight is 395 g/mol. The van der Waals surface area contributed by atoms with Crippen LogP contribution in [0.3, 0.4) is 0 Å². The Morgan fingerprint density at radius 3 is 2.69 bits per heavy atom. The van der Waals surface area contributed by atoms with Gasteiger partial charge in [-0.25, -0.2) is 4.39 Å². The van der Waals surface area contributed by atoms with Gasteiger partial charge < -0.3 is 15.1 Å². The lowest BCUT2D eigenvalue weighted by Crippen LogP contribution is -2.28. The molecule has 2 aromatic rings. The van der Waals surface area contributed by atoms with E-state index < -0.39 is 5.92 Å². The van der Waals surface area contributed by atoms with Crippen LogP contribution in [-0.2, 0) is 20.8 Å². The van der Waals surface area contributed by atoms with E-state index in [1.54, 1.807) is 23.6 Å². The predicted molar refractivity (Wildman–Crippen MR) is 108 cm³/mol. The van der Waals surface area contributed by atoms with Gasteiger partial charge in [0.15, 0.2) is 0 Å². The molecule has 1 N–H and O–H groups in total. The van der Waals surface area contributed by atoms with Crippen molar-refractivity contribution in [2.45, 2.75) is 26.7 Å². The summed E-state index contributed by atoms with van der Waals surface area (Å²) in [6.45, 7) is 4.20. The zero-order chi connectivity index (χ0) is 20.7. The second kappa shape index (κ2) is 7.31. The van der Waals surface area contributed by atoms with Gasteiger partial charge in [-0.05, 0) is 60.9 Å². The van der Waals surface area contributed by atoms with Gasteiger partial charge >= 0.3 is 0 Å². The first-order valence-electron chi connectivity index (χ1n) is 9.62. The number of fused-ring (bicyclic) bond motifs is 1. The molecule has 1 saturated heterocycles. The molecule has 0 saturated carbocycles. The Bertz CT molecular complexity index is 1020. The minimum absolute atomic E-state index is 0.00145. The van der Waals surface area contributed by atoms with E-state index in [-0.39, 0.29) is 30.0 Å². The number of rotatable bonds is 3. The maximum absolute atomic E-state index is 13.3. The molecule has 29 heavy (non-hydrogen) atoms. The van der Waals surface area contributed by atoms with Crippen molar-refractivity contribution in [1.82, 2.24) is 0 Å². The van der Waals surface area contributed by atoms with Gasteiger partial charge in [0.2, 0.25) is 17.7 Å². The van der Waals surface area contributed by atoms with Gasteiger partial charge in [-0.15, -0.1) is 0 Å². The van der Waals surface area contributed by atoms with Crippen LogP contribution in [0.5, 0.6) is 0 Å². The van der Waals surface area contributed by atoms with Crippen molar-refractivity contribution >= 4 is 34.8 Å². The molecule has 0 bridgehead atoms. The molecule has 7 heteroatoms. The fourth-order valence-electron chi connectivity index (χ4n) is 4.02. The van der Waals surface area contributed by atoms with Crippen LogP contribution in [0.2, 0.25) is 0 Å². The summed E-state index contributed by atoms with van der Waals surface area (Å²) in [7, 11) is 0. The van der Waals surface area contributed by atoms with Crippen molar-refractivity contribution in [2.75, 3.05) is 28.2 Å². The summed E-state index contributed by atoms with van der Waals surface area (Å²) < 4.78 is 13.3. The number of carbonyl (C=O) groups is 3. The molecule has 2 aliphatic heterocycles. The molecule has 4 rings (SSSR count). The second-order valence-corrected chi connectivity index (χ2v) is 7.59. The number of benzene rings is 2. The van der Waals surface area contributed by atoms with Crippen LogP contribution < -0.4 is 15.1 Å². The number of hydrogen-bond acceptors (Lipinski definition) is 3. The lowest BCUT2D eigenvalue weighted by atomic mass is 10.1. The Morgan fingerprint density at radius 1 is 1.17 bits per heavy atom. The summed E-state index contributed by atoms with van der Waals surface area (Å²) in [6.07, 6.45) is 0.876. The van der Waals surface area contributed by atoms with Crippen molar-refractivity contribution < 1.29 is 18.8 Å². The highest BCUT2D eigenvalue weighted by Crippen LogP contribution is 2.34. The highest BCUT2D eigenvalue weighted by atomic mass is 19.1. The molecular formula is C22H22FN3O3. The summed E-state index contributed by atoms with van der Waals surface area (Å²) >= 11 is 0. The summed E-state index contributed by atoms with van der Waals surface area (Å²) in [5, 5.41) is 2.80. The van der Waals surface area contributed by atoms with Crippen molar-refractivity contribution in [3.63, 3.8) is 0 Å². The van der Waals surface area contributed by atoms with Crippen molar-refractivity contribution in [3.8, 4) is 0 Å². The normalized spacial score (nSPS) is 18.2. The fourth-order valence-corrected chi connectivity index (χ4v) is 4.02. The molecule has 0 aliphatic carbocycles. The van der Waals surface area contributed by atoms with E-state index in [1.165, 1.54) is 18.2 Å². The molecule has 2 aromatic carbocycles. The Hall–Kier alpha value is -3.22. The quantitative estimate of drug-likeness (QED) is 0.869. The molecule has 1 fully saturated rings. The number of amides is 3. The molecular weight excluding hydrogens is 373 g/mol. The van der Waals surface area contributed by atoms with Crippen LogP contribution in [0, 0.1) is 18.7 Å². The highest BCUT2D eigenvalue weighted by Gasteiger charge is 2.36. The Morgan fingerprint density at radius 2 is 1.97 bits per heavy atom. The van der Waals surface area contributed by atoms with E-state index in [0.29, 0.717) is 24.3 Å². The molecule has 1 unspecified atom stereocenters. The van der Waals surface area contributed by atoms with E-state index >= 15 is 0 Å². The first-order valence-corrected chi connectivity index (χ1v) is 9.62. The number of halogens is 1. The highest BCUT2D eigenvalue weighted by molar-refractivity contribution is 6.04. The molecule has 0 aromatic heterocycles. The van der Waals surface area contributed by atoms with Crippen LogP contribution in [0.1, 0.15) is 24.5 Å². The van der Waals surface area contributed by atoms with Gasteiger partial charge in [-0.1, -0.05) is 0 Å². The molecule has 150 valence electrons. The van der Waals surface area contributed by atoms with E-state index in [0.717, 1.165) is 23.4 Å². The lowest BCUT2D eigenvalue weighted by molar-refractivity contribution is -0.122. The van der Waals surface area contributed by atoms with E-state index in [1.807, 2.05) is 18.2 Å². The van der Waals surface area contributed by atoms with Crippen LogP contribution in [0.25, 0.3) is 0 Å². The van der Waals surface area contributed by atoms with Crippen molar-refractivity contribution in [2.24, 2.45) is 5.92 Å². The first kappa shape index (κ1) is 19.1. The van der Waals surface area contributed by atoms with Gasteiger partial charge in [0.25, 0.3) is 0 Å². The monoisotopic (exact) mass is 395 g/mol. The number of aryl methyl sites for hydroxylation is 1. The van der Waals surface area contributed by atoms with E-state index in [4.69, 9.17) is 0 Å². The molecule has 0 radical (unpaired) electrons. The van der Waals surface area contributed by atoms with Gasteiger partial charge in [0.05, 0.1) is 5.92 Å². The minimum Gasteiger partial charge on any atom is -0.326 e. The Labute approximate surface area is 168 Å². The Balaban J connectivity index is 1.48. The zero-order valence-electron chi connectivity index (χ0n) is 16.4. The largest absolute Gasteiger partial charge is 0.326 e. The summed E-state index contributed by atoms with van der Waals surface area (Å²) in [6, 6.07) is 9.79. The molecule has 6 nitrogen and oxygen atoms in total. The number of anilines is 3. The topological polar surface area (TPSA) is 69.7 Å². The second-order valence-electron chi connectivity index (χ2n) is 7.59. The van der Waals surface area contributed by atoms with Crippen LogP contribution in [0.4, 0.5) is 21.5 Å². The van der Waals surface area contributed by atoms with Gasteiger partial charge in [0, 0.05) is 43.5 Å². The SMILES string of the molecule is CC(=O)N1CCc2cc(N3CC(C(=O)Nc4ccc(F)cc4C)CC3=O)ccc21. The maximum Gasteiger partial charge on any atom is 0.229 e. The predicted octanol–water partition coefficient (Wildman–Crippen LogP) is 3.03. The molecule has 3 amide bonds. The van der Waals surface area contributed by atoms with Gasteiger partial charge in [-0.3, -0.25) is 14.4 Å². The average Bonchev–Trinajstić information content (AvgIpc) is 3.27. The number of nitrogens with one attached hydrogen (secondary N) is 1. The van der Waals surface area contributed by atoms with Crippen molar-refractivity contribution in [3.05, 3.63) is 53.3 Å². The van der Waals surface area contributed by atoms with Crippen LogP contribution in [0.15, 0.2) is 36.4 Å². The van der Waals surface area contributed by atoms with Gasteiger partial charge in [-0.2, -0.15) is 0 Å². The van der Waals surface area contributed by atoms with Gasteiger partial charge in [0.1, 0.15) is 5.82 Å². The van der Waals surface area contributed by atoms with Crippen LogP contribution in [-0.4, -0.2) is 30.8 Å². The third kappa shape index (κ3) is 3.60. The smallest absolute Gasteiger partial charge is 0.229 e. The number of hydrogen-bond donors (Lipinski definition) is 1. The number of nitrogens with zero attached hydrogens (tertiary/aromatic N) is 2. The lowest BCUT2D eigenvalue weighted by Gasteiger charge is -2.19. The molecule has 2 aliphatic rings. The first-order chi connectivity index (χ1) is 13.8. The van der Waals surface area contributed by atoms with Crippen molar-refractivity contribution in [1.29, 1.82) is 0 Å². The number of carbonyl (C=O) groups excluding carboxylic acids is 3. The molecule has 2 heterocycles. The third-order valence-electron chi connectivity index (χ3n) is 5.59. The Kier molecular flexibility index (Phi) is 4.82. The molecule has 0 spiro atoms. The zero-order valence-corrected chi connectivity index (χ0v) is 16.4. The minimum atomic E-state index is -0.478.